The van der Waals surface area contributed by atoms with E-state index in [9.17, 15) is 13.2 Å². The first-order chi connectivity index (χ1) is 14.9. The molecule has 0 radical (unpaired) electrons. The van der Waals surface area contributed by atoms with E-state index in [4.69, 9.17) is 5.11 Å². The fraction of sp³-hybridized carbons (Fsp3) is 0.429. The van der Waals surface area contributed by atoms with Crippen molar-refractivity contribution in [1.29, 1.82) is 0 Å². The molecule has 0 saturated heterocycles. The van der Waals surface area contributed by atoms with E-state index in [1.807, 2.05) is 6.92 Å². The lowest BCUT2D eigenvalue weighted by atomic mass is 9.79. The first kappa shape index (κ1) is 25.8. The van der Waals surface area contributed by atoms with Gasteiger partial charge in [0.25, 0.3) is 0 Å². The second-order valence-corrected chi connectivity index (χ2v) is 9.01. The zero-order valence-electron chi connectivity index (χ0n) is 19.9. The number of allylic oxidation sites excluding steroid dienone is 3. The van der Waals surface area contributed by atoms with Gasteiger partial charge in [-0.1, -0.05) is 37.3 Å². The summed E-state index contributed by atoms with van der Waals surface area (Å²) in [6, 6.07) is 8.19. The van der Waals surface area contributed by atoms with E-state index < -0.39 is 17.3 Å². The number of aliphatic hydroxyl groups excluding tert-OH is 1. The van der Waals surface area contributed by atoms with Gasteiger partial charge in [0, 0.05) is 12.8 Å². The Balaban J connectivity index is 0.000000235. The summed E-state index contributed by atoms with van der Waals surface area (Å²) in [6.45, 7) is 13.5. The van der Waals surface area contributed by atoms with Gasteiger partial charge in [0.15, 0.2) is 11.6 Å². The largest absolute Gasteiger partial charge is 0.513 e. The molecule has 2 aromatic carbocycles. The molecule has 1 nitrogen and oxygen atoms in total. The van der Waals surface area contributed by atoms with E-state index in [1.165, 1.54) is 28.3 Å². The maximum Gasteiger partial charge on any atom is 0.159 e. The molecule has 0 spiro atoms. The van der Waals surface area contributed by atoms with Crippen LogP contribution in [0.25, 0.3) is 5.57 Å². The summed E-state index contributed by atoms with van der Waals surface area (Å²) in [4.78, 5) is 0. The number of halogens is 3. The molecular formula is C28H35F3O. The van der Waals surface area contributed by atoms with Gasteiger partial charge in [-0.05, 0) is 98.9 Å². The normalized spacial score (nSPS) is 18.2. The highest BCUT2D eigenvalue weighted by atomic mass is 19.2. The Morgan fingerprint density at radius 2 is 1.75 bits per heavy atom. The first-order valence-electron chi connectivity index (χ1n) is 11.2. The van der Waals surface area contributed by atoms with Crippen LogP contribution in [0.3, 0.4) is 0 Å². The van der Waals surface area contributed by atoms with Crippen molar-refractivity contribution in [1.82, 2.24) is 0 Å². The smallest absolute Gasteiger partial charge is 0.159 e. The lowest BCUT2D eigenvalue weighted by Crippen LogP contribution is -2.23. The number of rotatable bonds is 5. The lowest BCUT2D eigenvalue weighted by Gasteiger charge is -2.30. The quantitative estimate of drug-likeness (QED) is 0.457. The van der Waals surface area contributed by atoms with Crippen LogP contribution in [0.1, 0.15) is 73.8 Å². The van der Waals surface area contributed by atoms with Gasteiger partial charge >= 0.3 is 0 Å². The molecule has 0 saturated carbocycles. The van der Waals surface area contributed by atoms with Gasteiger partial charge in [0.05, 0.1) is 5.76 Å². The molecule has 1 N–H and O–H groups in total. The Morgan fingerprint density at radius 3 is 2.34 bits per heavy atom. The van der Waals surface area contributed by atoms with Crippen molar-refractivity contribution in [2.24, 2.45) is 0 Å². The Morgan fingerprint density at radius 1 is 1.06 bits per heavy atom. The summed E-state index contributed by atoms with van der Waals surface area (Å²) in [5, 5.41) is 9.03. The first-order valence-corrected chi connectivity index (χ1v) is 11.2. The van der Waals surface area contributed by atoms with Crippen LogP contribution in [0, 0.1) is 32.4 Å². The third kappa shape index (κ3) is 6.75. The van der Waals surface area contributed by atoms with Crippen LogP contribution >= 0.6 is 0 Å². The van der Waals surface area contributed by atoms with Crippen molar-refractivity contribution < 1.29 is 18.3 Å². The second kappa shape index (κ2) is 10.9. The predicted molar refractivity (Wildman–Crippen MR) is 128 cm³/mol. The molecule has 1 aliphatic carbocycles. The molecule has 0 fully saturated rings. The minimum atomic E-state index is -1.17. The highest BCUT2D eigenvalue weighted by molar-refractivity contribution is 5.70. The van der Waals surface area contributed by atoms with Crippen molar-refractivity contribution in [3.05, 3.63) is 87.7 Å². The van der Waals surface area contributed by atoms with Gasteiger partial charge in [-0.3, -0.25) is 0 Å². The number of hydrogen-bond donors (Lipinski definition) is 1. The van der Waals surface area contributed by atoms with E-state index in [-0.39, 0.29) is 5.76 Å². The molecule has 0 aliphatic heterocycles. The lowest BCUT2D eigenvalue weighted by molar-refractivity contribution is 0.170. The van der Waals surface area contributed by atoms with Crippen LogP contribution in [0.5, 0.6) is 0 Å². The van der Waals surface area contributed by atoms with Crippen molar-refractivity contribution in [2.75, 3.05) is 0 Å². The minimum absolute atomic E-state index is 0.266. The van der Waals surface area contributed by atoms with Crippen LogP contribution in [-0.4, -0.2) is 10.8 Å². The number of benzene rings is 2. The molecule has 0 bridgehead atoms. The summed E-state index contributed by atoms with van der Waals surface area (Å²) >= 11 is 0. The average Bonchev–Trinajstić information content (AvgIpc) is 2.73. The van der Waals surface area contributed by atoms with E-state index >= 15 is 0 Å². The molecule has 174 valence electrons. The van der Waals surface area contributed by atoms with E-state index in [0.29, 0.717) is 31.2 Å². The van der Waals surface area contributed by atoms with Crippen LogP contribution in [0.4, 0.5) is 13.2 Å². The molecule has 1 aliphatic rings. The van der Waals surface area contributed by atoms with Gasteiger partial charge in [-0.25, -0.2) is 13.2 Å². The summed E-state index contributed by atoms with van der Waals surface area (Å²) in [5.41, 5.74) is 6.83. The molecule has 4 heteroatoms. The third-order valence-electron chi connectivity index (χ3n) is 6.45. The van der Waals surface area contributed by atoms with Gasteiger partial charge in [-0.2, -0.15) is 0 Å². The van der Waals surface area contributed by atoms with Crippen molar-refractivity contribution in [3.63, 3.8) is 0 Å². The summed E-state index contributed by atoms with van der Waals surface area (Å²) in [6.07, 6.45) is 3.68. The predicted octanol–water partition coefficient (Wildman–Crippen LogP) is 8.66. The Kier molecular flexibility index (Phi) is 8.77. The van der Waals surface area contributed by atoms with Crippen molar-refractivity contribution in [3.8, 4) is 0 Å². The molecule has 0 heterocycles. The summed E-state index contributed by atoms with van der Waals surface area (Å²) in [5.74, 6) is -1.42. The molecule has 1 unspecified atom stereocenters. The highest BCUT2D eigenvalue weighted by Gasteiger charge is 2.30. The van der Waals surface area contributed by atoms with E-state index in [0.717, 1.165) is 30.1 Å². The number of alkyl halides is 1. The van der Waals surface area contributed by atoms with E-state index in [2.05, 4.69) is 39.5 Å². The summed E-state index contributed by atoms with van der Waals surface area (Å²) in [7, 11) is 0. The molecule has 0 aromatic heterocycles. The molecule has 1 atom stereocenters. The maximum atomic E-state index is 14.0. The topological polar surface area (TPSA) is 20.2 Å². The molecule has 2 aromatic rings. The second-order valence-electron chi connectivity index (χ2n) is 9.01. The van der Waals surface area contributed by atoms with Crippen LogP contribution in [-0.2, 0) is 6.42 Å². The summed E-state index contributed by atoms with van der Waals surface area (Å²) < 4.78 is 40.1. The highest BCUT2D eigenvalue weighted by Crippen LogP contribution is 2.41. The number of aliphatic hydroxyl groups is 1. The number of hydrogen-bond acceptors (Lipinski definition) is 1. The minimum Gasteiger partial charge on any atom is -0.513 e. The van der Waals surface area contributed by atoms with Gasteiger partial charge < -0.3 is 5.11 Å². The fourth-order valence-electron chi connectivity index (χ4n) is 4.14. The van der Waals surface area contributed by atoms with Crippen molar-refractivity contribution >= 4 is 5.57 Å². The SMILES string of the molecule is C=C(O)CCc1ccc(C)c(C)c1C.CCC1=C(c2ccc(F)c(F)c2)CCC(C)(F)C1. The monoisotopic (exact) mass is 444 g/mol. The van der Waals surface area contributed by atoms with Crippen LogP contribution in [0.15, 0.2) is 48.2 Å². The van der Waals surface area contributed by atoms with Gasteiger partial charge in [-0.15, -0.1) is 0 Å². The number of aryl methyl sites for hydroxylation is 2. The molecule has 32 heavy (non-hydrogen) atoms. The average molecular weight is 445 g/mol. The Bertz CT molecular complexity index is 1000. The van der Waals surface area contributed by atoms with Gasteiger partial charge in [0.2, 0.25) is 0 Å². The zero-order valence-corrected chi connectivity index (χ0v) is 19.9. The Hall–Kier alpha value is -2.49. The van der Waals surface area contributed by atoms with Crippen LogP contribution < -0.4 is 0 Å². The maximum absolute atomic E-state index is 14.0. The molecule has 0 amide bonds. The zero-order chi connectivity index (χ0) is 24.1. The standard InChI is InChI=1S/C15H17F3.C13H18O/c1-3-10-9-15(2,18)7-6-12(10)11-4-5-13(16)14(17)8-11;1-9-5-7-13(8-6-10(2)14)12(4)11(9)3/h4-5,8H,3,6-7,9H2,1-2H3;5,7,14H,2,6,8H2,1,3-4H3. The Labute approximate surface area is 190 Å². The molecular weight excluding hydrogens is 409 g/mol. The fourth-order valence-corrected chi connectivity index (χ4v) is 4.14. The van der Waals surface area contributed by atoms with Crippen LogP contribution in [0.2, 0.25) is 0 Å². The van der Waals surface area contributed by atoms with Gasteiger partial charge in [0.1, 0.15) is 5.67 Å². The van der Waals surface area contributed by atoms with E-state index in [1.54, 1.807) is 13.0 Å². The third-order valence-corrected chi connectivity index (χ3v) is 6.45. The molecule has 3 rings (SSSR count). The van der Waals surface area contributed by atoms with Crippen molar-refractivity contribution in [2.45, 2.75) is 78.8 Å².